The molecule has 0 unspecified atom stereocenters. The lowest BCUT2D eigenvalue weighted by molar-refractivity contribution is 0.0186. The first-order chi connectivity index (χ1) is 12.2. The van der Waals surface area contributed by atoms with Crippen LogP contribution in [-0.4, -0.2) is 53.6 Å². The zero-order valence-corrected chi connectivity index (χ0v) is 15.3. The SMILES string of the molecule is CC(C)(C)OC(=O)N1CCN(C(N)=NCc2ccc(C#N)cc2F)CC1. The van der Waals surface area contributed by atoms with Crippen LogP contribution < -0.4 is 5.73 Å². The first kappa shape index (κ1) is 19.5. The predicted molar refractivity (Wildman–Crippen MR) is 95.8 cm³/mol. The summed E-state index contributed by atoms with van der Waals surface area (Å²) in [6.45, 7) is 7.60. The van der Waals surface area contributed by atoms with Crippen LogP contribution in [0, 0.1) is 17.1 Å². The summed E-state index contributed by atoms with van der Waals surface area (Å²) in [5.41, 5.74) is 6.10. The molecule has 1 saturated heterocycles. The fourth-order valence-corrected chi connectivity index (χ4v) is 2.46. The smallest absolute Gasteiger partial charge is 0.410 e. The summed E-state index contributed by atoms with van der Waals surface area (Å²) in [6.07, 6.45) is -0.340. The number of hydrogen-bond donors (Lipinski definition) is 1. The Bertz CT molecular complexity index is 728. The number of carbonyl (C=O) groups is 1. The number of amides is 1. The van der Waals surface area contributed by atoms with Crippen molar-refractivity contribution in [1.82, 2.24) is 9.80 Å². The number of piperazine rings is 1. The van der Waals surface area contributed by atoms with E-state index in [1.165, 1.54) is 12.1 Å². The van der Waals surface area contributed by atoms with Gasteiger partial charge < -0.3 is 20.3 Å². The van der Waals surface area contributed by atoms with Gasteiger partial charge in [-0.15, -0.1) is 0 Å². The van der Waals surface area contributed by atoms with Gasteiger partial charge in [0.1, 0.15) is 11.4 Å². The van der Waals surface area contributed by atoms with Crippen LogP contribution in [0.3, 0.4) is 0 Å². The summed E-state index contributed by atoms with van der Waals surface area (Å²) in [5.74, 6) is -0.173. The summed E-state index contributed by atoms with van der Waals surface area (Å²) >= 11 is 0. The van der Waals surface area contributed by atoms with E-state index in [2.05, 4.69) is 4.99 Å². The molecule has 1 aliphatic heterocycles. The molecule has 1 aliphatic rings. The third-order valence-electron chi connectivity index (χ3n) is 3.85. The van der Waals surface area contributed by atoms with Crippen molar-refractivity contribution in [3.63, 3.8) is 0 Å². The normalized spacial score (nSPS) is 15.6. The van der Waals surface area contributed by atoms with Gasteiger partial charge in [-0.25, -0.2) is 14.2 Å². The lowest BCUT2D eigenvalue weighted by Crippen LogP contribution is -2.53. The molecule has 0 radical (unpaired) electrons. The number of carbonyl (C=O) groups excluding carboxylic acids is 1. The van der Waals surface area contributed by atoms with Crippen molar-refractivity contribution in [1.29, 1.82) is 5.26 Å². The van der Waals surface area contributed by atoms with Crippen molar-refractivity contribution in [2.75, 3.05) is 26.2 Å². The highest BCUT2D eigenvalue weighted by atomic mass is 19.1. The number of nitrogens with zero attached hydrogens (tertiary/aromatic N) is 4. The fraction of sp³-hybridized carbons (Fsp3) is 0.500. The Labute approximate surface area is 152 Å². The van der Waals surface area contributed by atoms with Crippen molar-refractivity contribution in [2.24, 2.45) is 10.7 Å². The molecule has 7 nitrogen and oxygen atoms in total. The Hall–Kier alpha value is -2.82. The van der Waals surface area contributed by atoms with Gasteiger partial charge in [-0.2, -0.15) is 5.26 Å². The van der Waals surface area contributed by atoms with Gasteiger partial charge >= 0.3 is 6.09 Å². The zero-order chi connectivity index (χ0) is 19.3. The molecule has 0 saturated carbocycles. The predicted octanol–water partition coefficient (Wildman–Crippen LogP) is 2.06. The summed E-state index contributed by atoms with van der Waals surface area (Å²) in [5, 5.41) is 8.76. The van der Waals surface area contributed by atoms with E-state index in [-0.39, 0.29) is 18.2 Å². The van der Waals surface area contributed by atoms with Crippen LogP contribution in [0.2, 0.25) is 0 Å². The summed E-state index contributed by atoms with van der Waals surface area (Å²) in [6, 6.07) is 6.15. The molecule has 1 amide bonds. The third kappa shape index (κ3) is 5.34. The first-order valence-corrected chi connectivity index (χ1v) is 8.41. The van der Waals surface area contributed by atoms with Gasteiger partial charge in [-0.05, 0) is 32.9 Å². The van der Waals surface area contributed by atoms with Gasteiger partial charge in [0.05, 0.1) is 18.2 Å². The number of aliphatic imine (C=N–C) groups is 1. The molecule has 1 heterocycles. The summed E-state index contributed by atoms with van der Waals surface area (Å²) < 4.78 is 19.2. The van der Waals surface area contributed by atoms with Crippen LogP contribution in [0.4, 0.5) is 9.18 Å². The van der Waals surface area contributed by atoms with Crippen LogP contribution in [0.25, 0.3) is 0 Å². The number of ether oxygens (including phenoxy) is 1. The Morgan fingerprint density at radius 2 is 1.92 bits per heavy atom. The molecule has 0 aromatic heterocycles. The monoisotopic (exact) mass is 361 g/mol. The van der Waals surface area contributed by atoms with Crippen LogP contribution in [0.5, 0.6) is 0 Å². The van der Waals surface area contributed by atoms with E-state index in [4.69, 9.17) is 15.7 Å². The highest BCUT2D eigenvalue weighted by molar-refractivity contribution is 5.78. The highest BCUT2D eigenvalue weighted by Crippen LogP contribution is 2.13. The minimum absolute atomic E-state index is 0.0929. The maximum atomic E-state index is 13.9. The minimum atomic E-state index is -0.528. The van der Waals surface area contributed by atoms with E-state index in [0.29, 0.717) is 37.7 Å². The maximum Gasteiger partial charge on any atom is 0.410 e. The molecule has 2 rings (SSSR count). The second-order valence-corrected chi connectivity index (χ2v) is 7.05. The second-order valence-electron chi connectivity index (χ2n) is 7.05. The number of halogens is 1. The number of guanidine groups is 1. The number of benzene rings is 1. The van der Waals surface area contributed by atoms with E-state index < -0.39 is 11.4 Å². The standard InChI is InChI=1S/C18H24FN5O2/c1-18(2,3)26-17(25)24-8-6-23(7-9-24)16(21)22-12-14-5-4-13(11-20)10-15(14)19/h4-5,10H,6-9,12H2,1-3H3,(H2,21,22). The van der Waals surface area contributed by atoms with Gasteiger partial charge in [0.15, 0.2) is 5.96 Å². The van der Waals surface area contributed by atoms with Gasteiger partial charge in [0.25, 0.3) is 0 Å². The number of nitrogens with two attached hydrogens (primary N) is 1. The van der Waals surface area contributed by atoms with E-state index in [1.807, 2.05) is 31.7 Å². The molecular formula is C18H24FN5O2. The van der Waals surface area contributed by atoms with Crippen molar-refractivity contribution in [3.05, 3.63) is 35.1 Å². The van der Waals surface area contributed by atoms with Crippen molar-refractivity contribution >= 4 is 12.1 Å². The van der Waals surface area contributed by atoms with Crippen molar-refractivity contribution in [2.45, 2.75) is 32.9 Å². The topological polar surface area (TPSA) is 94.9 Å². The lowest BCUT2D eigenvalue weighted by Gasteiger charge is -2.36. The lowest BCUT2D eigenvalue weighted by atomic mass is 10.1. The van der Waals surface area contributed by atoms with Crippen LogP contribution in [-0.2, 0) is 11.3 Å². The third-order valence-corrected chi connectivity index (χ3v) is 3.85. The molecular weight excluding hydrogens is 337 g/mol. The molecule has 2 N–H and O–H groups in total. The average molecular weight is 361 g/mol. The molecule has 1 fully saturated rings. The van der Waals surface area contributed by atoms with Gasteiger partial charge in [0.2, 0.25) is 0 Å². The molecule has 140 valence electrons. The Morgan fingerprint density at radius 1 is 1.31 bits per heavy atom. The average Bonchev–Trinajstić information content (AvgIpc) is 2.59. The minimum Gasteiger partial charge on any atom is -0.444 e. The molecule has 1 aromatic rings. The van der Waals surface area contributed by atoms with Crippen LogP contribution in [0.15, 0.2) is 23.2 Å². The zero-order valence-electron chi connectivity index (χ0n) is 15.3. The summed E-state index contributed by atoms with van der Waals surface area (Å²) in [4.78, 5) is 19.8. The Balaban J connectivity index is 1.90. The van der Waals surface area contributed by atoms with E-state index >= 15 is 0 Å². The van der Waals surface area contributed by atoms with Crippen molar-refractivity contribution < 1.29 is 13.9 Å². The van der Waals surface area contributed by atoms with Gasteiger partial charge in [-0.3, -0.25) is 0 Å². The molecule has 1 aromatic carbocycles. The van der Waals surface area contributed by atoms with Gasteiger partial charge in [0, 0.05) is 31.7 Å². The summed E-state index contributed by atoms with van der Waals surface area (Å²) in [7, 11) is 0. The van der Waals surface area contributed by atoms with E-state index in [0.717, 1.165) is 0 Å². The first-order valence-electron chi connectivity index (χ1n) is 8.41. The van der Waals surface area contributed by atoms with E-state index in [9.17, 15) is 9.18 Å². The second kappa shape index (κ2) is 8.04. The number of nitriles is 1. The molecule has 0 spiro atoms. The van der Waals surface area contributed by atoms with E-state index in [1.54, 1.807) is 11.0 Å². The largest absolute Gasteiger partial charge is 0.444 e. The highest BCUT2D eigenvalue weighted by Gasteiger charge is 2.26. The van der Waals surface area contributed by atoms with Crippen LogP contribution in [0.1, 0.15) is 31.9 Å². The molecule has 0 atom stereocenters. The number of rotatable bonds is 2. The molecule has 0 aliphatic carbocycles. The molecule has 0 bridgehead atoms. The Kier molecular flexibility index (Phi) is 6.03. The fourth-order valence-electron chi connectivity index (χ4n) is 2.46. The molecule has 26 heavy (non-hydrogen) atoms. The van der Waals surface area contributed by atoms with Crippen molar-refractivity contribution in [3.8, 4) is 6.07 Å². The van der Waals surface area contributed by atoms with Crippen LogP contribution >= 0.6 is 0 Å². The maximum absolute atomic E-state index is 13.9. The quantitative estimate of drug-likeness (QED) is 0.643. The van der Waals surface area contributed by atoms with Gasteiger partial charge in [-0.1, -0.05) is 6.07 Å². The number of hydrogen-bond acceptors (Lipinski definition) is 4. The Morgan fingerprint density at radius 3 is 2.46 bits per heavy atom. The molecule has 8 heteroatoms.